The number of hydrogen-bond donors (Lipinski definition) is 1. The normalized spacial score (nSPS) is 17.5. The molecule has 2 amide bonds. The third-order valence-corrected chi connectivity index (χ3v) is 5.82. The van der Waals surface area contributed by atoms with Gasteiger partial charge in [0.15, 0.2) is 6.61 Å². The highest BCUT2D eigenvalue weighted by Crippen LogP contribution is 2.32. The maximum absolute atomic E-state index is 12.7. The standard InChI is InChI=1S/C23H23F3N2O3/c24-23(25,26)17-8-6-15(7-9-17)22(30)27-18-10-11-20-16(12-18)13-28(21(29)14-31-20)19-4-2-1-3-5-19/h6-12,19H,1-5,13-14H2,(H,27,30). The predicted molar refractivity (Wildman–Crippen MR) is 109 cm³/mol. The number of alkyl halides is 3. The topological polar surface area (TPSA) is 58.6 Å². The van der Waals surface area contributed by atoms with Gasteiger partial charge in [-0.25, -0.2) is 0 Å². The second-order valence-corrected chi connectivity index (χ2v) is 7.95. The van der Waals surface area contributed by atoms with Crippen molar-refractivity contribution in [2.45, 2.75) is 50.9 Å². The third kappa shape index (κ3) is 4.84. The van der Waals surface area contributed by atoms with Gasteiger partial charge >= 0.3 is 6.18 Å². The summed E-state index contributed by atoms with van der Waals surface area (Å²) in [5.74, 6) is 0.0426. The van der Waals surface area contributed by atoms with E-state index in [1.165, 1.54) is 6.42 Å². The molecule has 2 aromatic carbocycles. The number of carbonyl (C=O) groups is 2. The highest BCUT2D eigenvalue weighted by molar-refractivity contribution is 6.04. The van der Waals surface area contributed by atoms with Crippen LogP contribution in [-0.4, -0.2) is 29.4 Å². The lowest BCUT2D eigenvalue weighted by Gasteiger charge is -2.33. The van der Waals surface area contributed by atoms with Crippen LogP contribution < -0.4 is 10.1 Å². The zero-order chi connectivity index (χ0) is 22.0. The molecule has 1 heterocycles. The number of amides is 2. The molecular formula is C23H23F3N2O3. The van der Waals surface area contributed by atoms with Gasteiger partial charge in [-0.1, -0.05) is 19.3 Å². The zero-order valence-electron chi connectivity index (χ0n) is 16.9. The average Bonchev–Trinajstić information content (AvgIpc) is 2.92. The van der Waals surface area contributed by atoms with E-state index in [0.717, 1.165) is 55.5 Å². The molecule has 0 atom stereocenters. The summed E-state index contributed by atoms with van der Waals surface area (Å²) >= 11 is 0. The SMILES string of the molecule is O=C(Nc1ccc2c(c1)CN(C1CCCCC1)C(=O)CO2)c1ccc(C(F)(F)F)cc1. The fourth-order valence-corrected chi connectivity index (χ4v) is 4.15. The fraction of sp³-hybridized carbons (Fsp3) is 0.391. The largest absolute Gasteiger partial charge is 0.483 e. The Balaban J connectivity index is 1.50. The van der Waals surface area contributed by atoms with Gasteiger partial charge in [0, 0.05) is 29.4 Å². The maximum atomic E-state index is 12.7. The summed E-state index contributed by atoms with van der Waals surface area (Å²) < 4.78 is 43.8. The highest BCUT2D eigenvalue weighted by atomic mass is 19.4. The van der Waals surface area contributed by atoms with E-state index < -0.39 is 17.6 Å². The summed E-state index contributed by atoms with van der Waals surface area (Å²) in [6, 6.07) is 9.37. The molecule has 31 heavy (non-hydrogen) atoms. The van der Waals surface area contributed by atoms with E-state index in [1.54, 1.807) is 18.2 Å². The number of anilines is 1. The Hall–Kier alpha value is -3.03. The van der Waals surface area contributed by atoms with Gasteiger partial charge in [-0.3, -0.25) is 9.59 Å². The Bertz CT molecular complexity index is 967. The van der Waals surface area contributed by atoms with Crippen molar-refractivity contribution < 1.29 is 27.5 Å². The van der Waals surface area contributed by atoms with E-state index >= 15 is 0 Å². The minimum absolute atomic E-state index is 0.0131. The minimum atomic E-state index is -4.45. The van der Waals surface area contributed by atoms with Crippen LogP contribution in [0.2, 0.25) is 0 Å². The van der Waals surface area contributed by atoms with Crippen molar-refractivity contribution in [2.24, 2.45) is 0 Å². The van der Waals surface area contributed by atoms with Crippen LogP contribution in [0.4, 0.5) is 18.9 Å². The smallest absolute Gasteiger partial charge is 0.416 e. The number of carbonyl (C=O) groups excluding carboxylic acids is 2. The molecule has 1 aliphatic heterocycles. The van der Waals surface area contributed by atoms with Crippen LogP contribution in [0, 0.1) is 0 Å². The summed E-state index contributed by atoms with van der Waals surface area (Å²) in [6.45, 7) is 0.392. The quantitative estimate of drug-likeness (QED) is 0.742. The van der Waals surface area contributed by atoms with E-state index in [9.17, 15) is 22.8 Å². The van der Waals surface area contributed by atoms with Crippen molar-refractivity contribution in [1.82, 2.24) is 4.90 Å². The molecule has 0 bridgehead atoms. The van der Waals surface area contributed by atoms with Gasteiger partial charge in [-0.15, -0.1) is 0 Å². The van der Waals surface area contributed by atoms with Crippen molar-refractivity contribution in [3.8, 4) is 5.75 Å². The van der Waals surface area contributed by atoms with Crippen molar-refractivity contribution in [2.75, 3.05) is 11.9 Å². The molecule has 4 rings (SSSR count). The van der Waals surface area contributed by atoms with Gasteiger partial charge in [0.25, 0.3) is 11.8 Å². The van der Waals surface area contributed by atoms with Crippen molar-refractivity contribution in [1.29, 1.82) is 0 Å². The van der Waals surface area contributed by atoms with Crippen LogP contribution in [0.25, 0.3) is 0 Å². The van der Waals surface area contributed by atoms with Crippen molar-refractivity contribution in [3.63, 3.8) is 0 Å². The molecule has 5 nitrogen and oxygen atoms in total. The lowest BCUT2D eigenvalue weighted by molar-refractivity contribution is -0.138. The molecule has 1 fully saturated rings. The minimum Gasteiger partial charge on any atom is -0.483 e. The van der Waals surface area contributed by atoms with Crippen LogP contribution in [-0.2, 0) is 17.5 Å². The van der Waals surface area contributed by atoms with E-state index in [-0.39, 0.29) is 24.1 Å². The number of halogens is 3. The molecule has 8 heteroatoms. The molecule has 0 unspecified atom stereocenters. The average molecular weight is 432 g/mol. The molecule has 1 saturated carbocycles. The van der Waals surface area contributed by atoms with Gasteiger partial charge in [-0.2, -0.15) is 13.2 Å². The first-order chi connectivity index (χ1) is 14.8. The Kier molecular flexibility index (Phi) is 5.89. The van der Waals surface area contributed by atoms with Crippen LogP contribution in [0.15, 0.2) is 42.5 Å². The van der Waals surface area contributed by atoms with Gasteiger partial charge < -0.3 is 15.0 Å². The van der Waals surface area contributed by atoms with Crippen LogP contribution in [0.5, 0.6) is 5.75 Å². The summed E-state index contributed by atoms with van der Waals surface area (Å²) in [5.41, 5.74) is 0.601. The first kappa shape index (κ1) is 21.2. The maximum Gasteiger partial charge on any atom is 0.416 e. The Morgan fingerprint density at radius 1 is 1.03 bits per heavy atom. The van der Waals surface area contributed by atoms with Gasteiger partial charge in [-0.05, 0) is 55.3 Å². The summed E-state index contributed by atoms with van der Waals surface area (Å²) in [6.07, 6.45) is 0.896. The van der Waals surface area contributed by atoms with Crippen molar-refractivity contribution in [3.05, 3.63) is 59.2 Å². The highest BCUT2D eigenvalue weighted by Gasteiger charge is 2.31. The Morgan fingerprint density at radius 2 is 1.74 bits per heavy atom. The first-order valence-electron chi connectivity index (χ1n) is 10.3. The summed E-state index contributed by atoms with van der Waals surface area (Å²) in [4.78, 5) is 26.9. The number of hydrogen-bond acceptors (Lipinski definition) is 3. The summed E-state index contributed by atoms with van der Waals surface area (Å²) in [5, 5.41) is 2.71. The van der Waals surface area contributed by atoms with Gasteiger partial charge in [0.05, 0.1) is 5.56 Å². The lowest BCUT2D eigenvalue weighted by atomic mass is 9.93. The third-order valence-electron chi connectivity index (χ3n) is 5.82. The molecule has 0 aromatic heterocycles. The molecule has 0 radical (unpaired) electrons. The molecule has 0 spiro atoms. The van der Waals surface area contributed by atoms with Crippen molar-refractivity contribution >= 4 is 17.5 Å². The molecule has 0 saturated heterocycles. The molecule has 1 N–H and O–H groups in total. The first-order valence-corrected chi connectivity index (χ1v) is 10.3. The van der Waals surface area contributed by atoms with E-state index in [4.69, 9.17) is 4.74 Å². The molecule has 2 aliphatic rings. The van der Waals surface area contributed by atoms with Crippen LogP contribution >= 0.6 is 0 Å². The second kappa shape index (κ2) is 8.61. The number of rotatable bonds is 3. The molecule has 1 aliphatic carbocycles. The lowest BCUT2D eigenvalue weighted by Crippen LogP contribution is -2.42. The van der Waals surface area contributed by atoms with Crippen LogP contribution in [0.1, 0.15) is 53.6 Å². The van der Waals surface area contributed by atoms with Gasteiger partial charge in [0.2, 0.25) is 0 Å². The number of fused-ring (bicyclic) bond motifs is 1. The number of ether oxygens (including phenoxy) is 1. The summed E-state index contributed by atoms with van der Waals surface area (Å²) in [7, 11) is 0. The second-order valence-electron chi connectivity index (χ2n) is 7.95. The zero-order valence-corrected chi connectivity index (χ0v) is 16.9. The monoisotopic (exact) mass is 432 g/mol. The Morgan fingerprint density at radius 3 is 2.42 bits per heavy atom. The fourth-order valence-electron chi connectivity index (χ4n) is 4.15. The molecular weight excluding hydrogens is 409 g/mol. The molecule has 2 aromatic rings. The molecule has 164 valence electrons. The van der Waals surface area contributed by atoms with E-state index in [2.05, 4.69) is 5.32 Å². The number of nitrogens with one attached hydrogen (secondary N) is 1. The van der Waals surface area contributed by atoms with Gasteiger partial charge in [0.1, 0.15) is 5.75 Å². The van der Waals surface area contributed by atoms with E-state index in [1.807, 2.05) is 4.90 Å². The van der Waals surface area contributed by atoms with Crippen LogP contribution in [0.3, 0.4) is 0 Å². The number of benzene rings is 2. The predicted octanol–water partition coefficient (Wildman–Crippen LogP) is 5.01. The number of nitrogens with zero attached hydrogens (tertiary/aromatic N) is 1. The Labute approximate surface area is 178 Å². The van der Waals surface area contributed by atoms with E-state index in [0.29, 0.717) is 18.0 Å².